The molecule has 0 spiro atoms. The molecular weight excluding hydrogens is 268 g/mol. The van der Waals surface area contributed by atoms with E-state index < -0.39 is 0 Å². The Hall–Kier alpha value is -1.75. The standard InChI is InChI=1S/C16H22N2O3/c1-2-17-15-5-3-4-11-8-12(6-7-14(11)15)20-10-13-9-18-16(19)21-13/h6-8,13,15,17H,2-5,9-10H2,1H3,(H,18,19). The van der Waals surface area contributed by atoms with Crippen LogP contribution in [-0.4, -0.2) is 31.9 Å². The molecule has 5 heteroatoms. The molecule has 2 unspecified atom stereocenters. The number of carbonyl (C=O) groups excluding carboxylic acids is 1. The third-order valence-electron chi connectivity index (χ3n) is 4.06. The van der Waals surface area contributed by atoms with E-state index in [0.29, 0.717) is 19.2 Å². The molecule has 114 valence electrons. The summed E-state index contributed by atoms with van der Waals surface area (Å²) in [4.78, 5) is 11.0. The first-order chi connectivity index (χ1) is 10.3. The van der Waals surface area contributed by atoms with Gasteiger partial charge in [-0.25, -0.2) is 4.79 Å². The van der Waals surface area contributed by atoms with Gasteiger partial charge in [0.1, 0.15) is 12.4 Å². The van der Waals surface area contributed by atoms with Gasteiger partial charge in [0.05, 0.1) is 6.54 Å². The number of fused-ring (bicyclic) bond motifs is 1. The zero-order valence-corrected chi connectivity index (χ0v) is 12.4. The highest BCUT2D eigenvalue weighted by Crippen LogP contribution is 2.32. The van der Waals surface area contributed by atoms with E-state index >= 15 is 0 Å². The van der Waals surface area contributed by atoms with E-state index in [-0.39, 0.29) is 12.2 Å². The Labute approximate surface area is 125 Å². The van der Waals surface area contributed by atoms with Gasteiger partial charge in [-0.3, -0.25) is 0 Å². The molecule has 1 aliphatic heterocycles. The maximum Gasteiger partial charge on any atom is 0.407 e. The highest BCUT2D eigenvalue weighted by molar-refractivity contribution is 5.69. The van der Waals surface area contributed by atoms with Crippen LogP contribution in [0.5, 0.6) is 5.75 Å². The predicted molar refractivity (Wildman–Crippen MR) is 79.6 cm³/mol. The van der Waals surface area contributed by atoms with Gasteiger partial charge in [-0.05, 0) is 49.1 Å². The van der Waals surface area contributed by atoms with Gasteiger partial charge in [0, 0.05) is 6.04 Å². The Bertz CT molecular complexity index is 518. The minimum Gasteiger partial charge on any atom is -0.490 e. The zero-order valence-electron chi connectivity index (χ0n) is 12.4. The second-order valence-electron chi connectivity index (χ2n) is 5.58. The molecule has 0 radical (unpaired) electrons. The average molecular weight is 290 g/mol. The molecule has 1 aromatic rings. The van der Waals surface area contributed by atoms with E-state index in [1.165, 1.54) is 24.0 Å². The van der Waals surface area contributed by atoms with Gasteiger partial charge < -0.3 is 20.1 Å². The van der Waals surface area contributed by atoms with Gasteiger partial charge in [-0.15, -0.1) is 0 Å². The fourth-order valence-corrected chi connectivity index (χ4v) is 3.05. The molecule has 1 aromatic carbocycles. The molecule has 0 aromatic heterocycles. The van der Waals surface area contributed by atoms with Crippen molar-refractivity contribution in [3.63, 3.8) is 0 Å². The smallest absolute Gasteiger partial charge is 0.407 e. The lowest BCUT2D eigenvalue weighted by Gasteiger charge is -2.26. The Morgan fingerprint density at radius 1 is 1.48 bits per heavy atom. The highest BCUT2D eigenvalue weighted by Gasteiger charge is 2.23. The number of hydrogen-bond acceptors (Lipinski definition) is 4. The van der Waals surface area contributed by atoms with E-state index in [1.54, 1.807) is 0 Å². The summed E-state index contributed by atoms with van der Waals surface area (Å²) in [6.45, 7) is 4.05. The minimum atomic E-state index is -0.359. The first kappa shape index (κ1) is 14.2. The van der Waals surface area contributed by atoms with Crippen LogP contribution in [0.25, 0.3) is 0 Å². The van der Waals surface area contributed by atoms with Crippen LogP contribution in [0.2, 0.25) is 0 Å². The quantitative estimate of drug-likeness (QED) is 0.872. The van der Waals surface area contributed by atoms with Crippen LogP contribution in [0.4, 0.5) is 4.79 Å². The number of rotatable bonds is 5. The number of alkyl carbamates (subject to hydrolysis) is 1. The second-order valence-corrected chi connectivity index (χ2v) is 5.58. The molecule has 2 N–H and O–H groups in total. The van der Waals surface area contributed by atoms with Crippen LogP contribution in [0.1, 0.15) is 36.9 Å². The molecule has 1 aliphatic carbocycles. The number of cyclic esters (lactones) is 1. The van der Waals surface area contributed by atoms with Crippen molar-refractivity contribution in [1.29, 1.82) is 0 Å². The first-order valence-electron chi connectivity index (χ1n) is 7.69. The van der Waals surface area contributed by atoms with E-state index in [2.05, 4.69) is 29.7 Å². The van der Waals surface area contributed by atoms with Gasteiger partial charge in [-0.1, -0.05) is 13.0 Å². The van der Waals surface area contributed by atoms with Crippen molar-refractivity contribution in [2.45, 2.75) is 38.3 Å². The van der Waals surface area contributed by atoms with Crippen LogP contribution in [0, 0.1) is 0 Å². The van der Waals surface area contributed by atoms with Crippen molar-refractivity contribution in [1.82, 2.24) is 10.6 Å². The third-order valence-corrected chi connectivity index (χ3v) is 4.06. The molecule has 1 saturated heterocycles. The summed E-state index contributed by atoms with van der Waals surface area (Å²) in [5.74, 6) is 0.855. The molecule has 2 aliphatic rings. The van der Waals surface area contributed by atoms with Crippen molar-refractivity contribution in [3.05, 3.63) is 29.3 Å². The van der Waals surface area contributed by atoms with E-state index in [4.69, 9.17) is 9.47 Å². The van der Waals surface area contributed by atoms with E-state index in [9.17, 15) is 4.79 Å². The molecule has 0 bridgehead atoms. The van der Waals surface area contributed by atoms with Crippen molar-refractivity contribution in [3.8, 4) is 5.75 Å². The number of aryl methyl sites for hydroxylation is 1. The Kier molecular flexibility index (Phi) is 4.29. The number of ether oxygens (including phenoxy) is 2. The van der Waals surface area contributed by atoms with Crippen molar-refractivity contribution in [2.24, 2.45) is 0 Å². The number of hydrogen-bond donors (Lipinski definition) is 2. The fourth-order valence-electron chi connectivity index (χ4n) is 3.05. The number of benzene rings is 1. The molecular formula is C16H22N2O3. The summed E-state index contributed by atoms with van der Waals surface area (Å²) in [5, 5.41) is 6.16. The first-order valence-corrected chi connectivity index (χ1v) is 7.69. The van der Waals surface area contributed by atoms with E-state index in [0.717, 1.165) is 18.7 Å². The summed E-state index contributed by atoms with van der Waals surface area (Å²) < 4.78 is 10.8. The van der Waals surface area contributed by atoms with Crippen LogP contribution in [0.15, 0.2) is 18.2 Å². The third kappa shape index (κ3) is 3.29. The summed E-state index contributed by atoms with van der Waals surface area (Å²) >= 11 is 0. The van der Waals surface area contributed by atoms with Gasteiger partial charge in [0.25, 0.3) is 0 Å². The lowest BCUT2D eigenvalue weighted by Crippen LogP contribution is -2.25. The molecule has 5 nitrogen and oxygen atoms in total. The zero-order chi connectivity index (χ0) is 14.7. The van der Waals surface area contributed by atoms with Crippen molar-refractivity contribution in [2.75, 3.05) is 19.7 Å². The minimum absolute atomic E-state index is 0.192. The maximum atomic E-state index is 11.0. The molecule has 3 rings (SSSR count). The van der Waals surface area contributed by atoms with Gasteiger partial charge in [0.2, 0.25) is 0 Å². The lowest BCUT2D eigenvalue weighted by atomic mass is 9.87. The van der Waals surface area contributed by atoms with E-state index in [1.807, 2.05) is 6.07 Å². The number of carbonyl (C=O) groups is 1. The molecule has 2 atom stereocenters. The topological polar surface area (TPSA) is 59.6 Å². The summed E-state index contributed by atoms with van der Waals surface area (Å²) in [6.07, 6.45) is 2.96. The summed E-state index contributed by atoms with van der Waals surface area (Å²) in [7, 11) is 0. The Morgan fingerprint density at radius 3 is 3.14 bits per heavy atom. The van der Waals surface area contributed by atoms with Crippen molar-refractivity contribution < 1.29 is 14.3 Å². The van der Waals surface area contributed by atoms with Gasteiger partial charge in [0.15, 0.2) is 6.10 Å². The van der Waals surface area contributed by atoms with Crippen LogP contribution < -0.4 is 15.4 Å². The van der Waals surface area contributed by atoms with Crippen LogP contribution in [-0.2, 0) is 11.2 Å². The molecule has 1 amide bonds. The fraction of sp³-hybridized carbons (Fsp3) is 0.562. The second kappa shape index (κ2) is 6.35. The Morgan fingerprint density at radius 2 is 2.38 bits per heavy atom. The lowest BCUT2D eigenvalue weighted by molar-refractivity contribution is 0.105. The van der Waals surface area contributed by atoms with Gasteiger partial charge in [-0.2, -0.15) is 0 Å². The monoisotopic (exact) mass is 290 g/mol. The highest BCUT2D eigenvalue weighted by atomic mass is 16.6. The van der Waals surface area contributed by atoms with Gasteiger partial charge >= 0.3 is 6.09 Å². The maximum absolute atomic E-state index is 11.0. The molecule has 1 heterocycles. The molecule has 1 fully saturated rings. The average Bonchev–Trinajstić information content (AvgIpc) is 2.91. The predicted octanol–water partition coefficient (Wildman–Crippen LogP) is 2.16. The largest absolute Gasteiger partial charge is 0.490 e. The normalized spacial score (nSPS) is 24.1. The van der Waals surface area contributed by atoms with Crippen LogP contribution >= 0.6 is 0 Å². The number of nitrogens with one attached hydrogen (secondary N) is 2. The van der Waals surface area contributed by atoms with Crippen molar-refractivity contribution >= 4 is 6.09 Å². The summed E-state index contributed by atoms with van der Waals surface area (Å²) in [6, 6.07) is 6.77. The number of amides is 1. The SMILES string of the molecule is CCNC1CCCc2cc(OCC3CNC(=O)O3)ccc21. The molecule has 21 heavy (non-hydrogen) atoms. The summed E-state index contributed by atoms with van der Waals surface area (Å²) in [5.41, 5.74) is 2.76. The molecule has 0 saturated carbocycles. The van der Waals surface area contributed by atoms with Crippen LogP contribution in [0.3, 0.4) is 0 Å². The Balaban J connectivity index is 1.64.